The maximum atomic E-state index is 10.7. The van der Waals surface area contributed by atoms with Gasteiger partial charge in [-0.1, -0.05) is 0 Å². The fraction of sp³-hybridized carbons (Fsp3) is 0. The van der Waals surface area contributed by atoms with E-state index in [1.807, 2.05) is 24.3 Å². The van der Waals surface area contributed by atoms with E-state index in [1.165, 1.54) is 0 Å². The summed E-state index contributed by atoms with van der Waals surface area (Å²) in [4.78, 5) is 10.7. The molecule has 0 spiro atoms. The SMILES string of the molecule is O=C1Nc2ccccc2[I-]O1. The van der Waals surface area contributed by atoms with Gasteiger partial charge in [0.15, 0.2) is 0 Å². The molecule has 1 N–H and O–H groups in total. The first-order chi connectivity index (χ1) is 5.36. The molecule has 3 nitrogen and oxygen atoms in total. The normalized spacial score (nSPS) is 15.5. The summed E-state index contributed by atoms with van der Waals surface area (Å²) in [7, 11) is 0. The van der Waals surface area contributed by atoms with Gasteiger partial charge in [0.2, 0.25) is 0 Å². The Kier molecular flexibility index (Phi) is 1.69. The Labute approximate surface area is 74.6 Å². The van der Waals surface area contributed by atoms with Crippen molar-refractivity contribution in [1.29, 1.82) is 0 Å². The zero-order valence-corrected chi connectivity index (χ0v) is 7.66. The molecule has 1 aromatic carbocycles. The molecule has 1 aliphatic rings. The van der Waals surface area contributed by atoms with E-state index in [-0.39, 0.29) is 6.09 Å². The van der Waals surface area contributed by atoms with Crippen LogP contribution in [0.3, 0.4) is 0 Å². The molecule has 1 heterocycles. The predicted molar refractivity (Wildman–Crippen MR) is 35.2 cm³/mol. The summed E-state index contributed by atoms with van der Waals surface area (Å²) in [6.45, 7) is 0. The van der Waals surface area contributed by atoms with Crippen LogP contribution in [0.1, 0.15) is 0 Å². The van der Waals surface area contributed by atoms with Crippen molar-refractivity contribution in [2.24, 2.45) is 0 Å². The molecule has 2 rings (SSSR count). The van der Waals surface area contributed by atoms with E-state index in [1.54, 1.807) is 0 Å². The summed E-state index contributed by atoms with van der Waals surface area (Å²) < 4.78 is 5.99. The van der Waals surface area contributed by atoms with Gasteiger partial charge in [-0.2, -0.15) is 0 Å². The van der Waals surface area contributed by atoms with Crippen LogP contribution >= 0.6 is 0 Å². The summed E-state index contributed by atoms with van der Waals surface area (Å²) in [5, 5.41) is 2.63. The number of carbonyl (C=O) groups excluding carboxylic acids is 1. The third-order valence-electron chi connectivity index (χ3n) is 1.30. The maximum absolute atomic E-state index is 10.7. The van der Waals surface area contributed by atoms with Crippen molar-refractivity contribution in [3.63, 3.8) is 0 Å². The summed E-state index contributed by atoms with van der Waals surface area (Å²) in [5.41, 5.74) is 0.900. The van der Waals surface area contributed by atoms with Gasteiger partial charge < -0.3 is 0 Å². The quantitative estimate of drug-likeness (QED) is 0.573. The first-order valence-corrected chi connectivity index (χ1v) is 5.04. The number of carbonyl (C=O) groups is 1. The Morgan fingerprint density at radius 3 is 3.09 bits per heavy atom. The first-order valence-electron chi connectivity index (χ1n) is 3.08. The molecule has 1 aromatic rings. The van der Waals surface area contributed by atoms with Gasteiger partial charge in [-0.3, -0.25) is 0 Å². The number of nitrogens with one attached hydrogen (secondary N) is 1. The second kappa shape index (κ2) is 2.69. The van der Waals surface area contributed by atoms with Gasteiger partial charge in [0.1, 0.15) is 0 Å². The third kappa shape index (κ3) is 1.30. The third-order valence-corrected chi connectivity index (χ3v) is 3.34. The molecule has 0 fully saturated rings. The standard InChI is InChI=1S/C7H5INO2/c10-7-9-6-4-2-1-3-5(6)8-11-7/h1-4H,(H,9,10)/q-1. The van der Waals surface area contributed by atoms with Crippen molar-refractivity contribution in [3.8, 4) is 0 Å². The molecule has 0 unspecified atom stereocenters. The number of benzene rings is 1. The number of amides is 1. The molecule has 1 amide bonds. The molecule has 0 aromatic heterocycles. The van der Waals surface area contributed by atoms with Crippen LogP contribution in [0.2, 0.25) is 0 Å². The molecule has 0 bridgehead atoms. The van der Waals surface area contributed by atoms with Crippen LogP contribution in [-0.4, -0.2) is 6.09 Å². The van der Waals surface area contributed by atoms with E-state index in [9.17, 15) is 4.79 Å². The van der Waals surface area contributed by atoms with Gasteiger partial charge in [-0.05, 0) is 0 Å². The van der Waals surface area contributed by atoms with Crippen molar-refractivity contribution >= 4 is 11.8 Å². The summed E-state index contributed by atoms with van der Waals surface area (Å²) in [5.74, 6) is 0. The van der Waals surface area contributed by atoms with Crippen molar-refractivity contribution < 1.29 is 29.5 Å². The van der Waals surface area contributed by atoms with Crippen LogP contribution in [0.4, 0.5) is 10.5 Å². The monoisotopic (exact) mass is 262 g/mol. The molecule has 0 atom stereocenters. The van der Waals surface area contributed by atoms with Crippen LogP contribution in [0.5, 0.6) is 0 Å². The van der Waals surface area contributed by atoms with E-state index in [0.29, 0.717) is 0 Å². The van der Waals surface area contributed by atoms with Crippen LogP contribution in [0, 0.1) is 3.57 Å². The van der Waals surface area contributed by atoms with E-state index >= 15 is 0 Å². The second-order valence-corrected chi connectivity index (χ2v) is 4.09. The van der Waals surface area contributed by atoms with E-state index in [0.717, 1.165) is 9.26 Å². The Balaban J connectivity index is 2.41. The van der Waals surface area contributed by atoms with E-state index in [2.05, 4.69) is 5.32 Å². The van der Waals surface area contributed by atoms with Gasteiger partial charge in [0.25, 0.3) is 0 Å². The van der Waals surface area contributed by atoms with Crippen LogP contribution < -0.4 is 26.9 Å². The van der Waals surface area contributed by atoms with Gasteiger partial charge in [-0.15, -0.1) is 0 Å². The van der Waals surface area contributed by atoms with Crippen LogP contribution in [0.15, 0.2) is 24.3 Å². The van der Waals surface area contributed by atoms with Crippen LogP contribution in [-0.2, 0) is 3.07 Å². The number of anilines is 1. The number of hydrogen-bond donors (Lipinski definition) is 1. The predicted octanol–water partition coefficient (Wildman–Crippen LogP) is -1.58. The van der Waals surface area contributed by atoms with Gasteiger partial charge in [0, 0.05) is 0 Å². The Bertz CT molecular complexity index is 300. The molecule has 1 aliphatic heterocycles. The average molecular weight is 262 g/mol. The molecule has 11 heavy (non-hydrogen) atoms. The van der Waals surface area contributed by atoms with Gasteiger partial charge >= 0.3 is 74.4 Å². The molecule has 0 radical (unpaired) electrons. The minimum absolute atomic E-state index is 0.323. The Hall–Kier alpha value is -0.780. The fourth-order valence-corrected chi connectivity index (χ4v) is 2.29. The molecular formula is C7H5INO2-. The minimum atomic E-state index is -0.557. The Morgan fingerprint density at radius 2 is 2.18 bits per heavy atom. The van der Waals surface area contributed by atoms with Crippen LogP contribution in [0.25, 0.3) is 0 Å². The number of fused-ring (bicyclic) bond motifs is 1. The molecule has 4 heteroatoms. The molecule has 0 saturated carbocycles. The number of rotatable bonds is 0. The fourth-order valence-electron chi connectivity index (χ4n) is 0.836. The summed E-state index contributed by atoms with van der Waals surface area (Å²) in [6, 6.07) is 7.70. The van der Waals surface area contributed by atoms with Crippen molar-refractivity contribution in [3.05, 3.63) is 27.8 Å². The molecule has 0 aliphatic carbocycles. The first kappa shape index (κ1) is 6.90. The average Bonchev–Trinajstić information content (AvgIpc) is 2.04. The van der Waals surface area contributed by atoms with Crippen molar-refractivity contribution in [1.82, 2.24) is 0 Å². The van der Waals surface area contributed by atoms with E-state index in [4.69, 9.17) is 3.07 Å². The van der Waals surface area contributed by atoms with E-state index < -0.39 is 21.6 Å². The van der Waals surface area contributed by atoms with Crippen molar-refractivity contribution in [2.75, 3.05) is 5.32 Å². The topological polar surface area (TPSA) is 38.3 Å². The molecule has 0 saturated heterocycles. The zero-order valence-electron chi connectivity index (χ0n) is 5.50. The summed E-state index contributed by atoms with van der Waals surface area (Å²) >= 11 is -0.557. The molecular weight excluding hydrogens is 257 g/mol. The number of halogens is 1. The van der Waals surface area contributed by atoms with Gasteiger partial charge in [-0.25, -0.2) is 0 Å². The Morgan fingerprint density at radius 1 is 1.36 bits per heavy atom. The van der Waals surface area contributed by atoms with Crippen molar-refractivity contribution in [2.45, 2.75) is 0 Å². The molecule has 58 valence electrons. The number of hydrogen-bond acceptors (Lipinski definition) is 2. The zero-order chi connectivity index (χ0) is 7.68. The summed E-state index contributed by atoms with van der Waals surface area (Å²) in [6.07, 6.45) is -0.323. The van der Waals surface area contributed by atoms with Gasteiger partial charge in [0.05, 0.1) is 0 Å². The number of para-hydroxylation sites is 1. The second-order valence-electron chi connectivity index (χ2n) is 2.05.